The van der Waals surface area contributed by atoms with Crippen LogP contribution in [0, 0.1) is 0 Å². The average Bonchev–Trinajstić information content (AvgIpc) is 2.97. The maximum absolute atomic E-state index is 6.48. The Hall–Kier alpha value is -1.75. The minimum Gasteiger partial charge on any atom is -0.365 e. The van der Waals surface area contributed by atoms with Crippen LogP contribution in [0.15, 0.2) is 36.4 Å². The van der Waals surface area contributed by atoms with E-state index >= 15 is 0 Å². The number of piperidine rings is 1. The van der Waals surface area contributed by atoms with E-state index < -0.39 is 0 Å². The molecule has 1 aromatic heterocycles. The van der Waals surface area contributed by atoms with Crippen molar-refractivity contribution in [3.63, 3.8) is 0 Å². The zero-order chi connectivity index (χ0) is 16.5. The summed E-state index contributed by atoms with van der Waals surface area (Å²) in [5, 5.41) is 16.8. The summed E-state index contributed by atoms with van der Waals surface area (Å²) in [7, 11) is 0. The second kappa shape index (κ2) is 6.63. The van der Waals surface area contributed by atoms with Gasteiger partial charge in [0.2, 0.25) is 0 Å². The number of aromatic nitrogens is 2. The average molecular weight is 361 g/mol. The van der Waals surface area contributed by atoms with E-state index in [1.807, 2.05) is 30.3 Å². The van der Waals surface area contributed by atoms with Gasteiger partial charge in [0.15, 0.2) is 5.82 Å². The van der Waals surface area contributed by atoms with Gasteiger partial charge in [-0.25, -0.2) is 0 Å². The second-order valence-corrected chi connectivity index (χ2v) is 6.91. The fourth-order valence-electron chi connectivity index (χ4n) is 3.19. The first-order chi connectivity index (χ1) is 11.7. The van der Waals surface area contributed by atoms with Crippen molar-refractivity contribution in [1.82, 2.24) is 15.5 Å². The maximum atomic E-state index is 6.48. The second-order valence-electron chi connectivity index (χ2n) is 6.10. The fraction of sp³-hybridized carbons (Fsp3) is 0.278. The molecule has 1 fully saturated rings. The molecular formula is C18H18Cl2N4. The standard InChI is InChI=1S/C18H18Cl2N4/c19-15-4-2-1-3-12(15)13-9-14-17(10-16(13)20)23-24-18(14)22-11-5-7-21-8-6-11/h1-4,9-11,21H,5-8H2,(H2,22,23,24). The number of H-pyrrole nitrogens is 1. The van der Waals surface area contributed by atoms with Crippen LogP contribution in [0.1, 0.15) is 12.8 Å². The Morgan fingerprint density at radius 3 is 2.58 bits per heavy atom. The predicted octanol–water partition coefficient (Wildman–Crippen LogP) is 4.70. The van der Waals surface area contributed by atoms with Crippen molar-refractivity contribution < 1.29 is 0 Å². The van der Waals surface area contributed by atoms with Crippen LogP contribution in [-0.2, 0) is 0 Å². The van der Waals surface area contributed by atoms with Gasteiger partial charge in [-0.15, -0.1) is 0 Å². The highest BCUT2D eigenvalue weighted by molar-refractivity contribution is 6.37. The van der Waals surface area contributed by atoms with E-state index in [-0.39, 0.29) is 0 Å². The van der Waals surface area contributed by atoms with E-state index in [1.165, 1.54) is 0 Å². The first kappa shape index (κ1) is 15.8. The molecule has 0 bridgehead atoms. The lowest BCUT2D eigenvalue weighted by molar-refractivity contribution is 0.478. The highest BCUT2D eigenvalue weighted by atomic mass is 35.5. The Balaban J connectivity index is 1.75. The van der Waals surface area contributed by atoms with Crippen molar-refractivity contribution in [2.24, 2.45) is 0 Å². The third-order valence-corrected chi connectivity index (χ3v) is 5.14. The Labute approximate surface area is 150 Å². The molecule has 6 heteroatoms. The molecule has 0 radical (unpaired) electrons. The summed E-state index contributed by atoms with van der Waals surface area (Å²) in [5.41, 5.74) is 2.77. The number of fused-ring (bicyclic) bond motifs is 1. The first-order valence-corrected chi connectivity index (χ1v) is 8.88. The molecule has 0 atom stereocenters. The third-order valence-electron chi connectivity index (χ3n) is 4.49. The minimum absolute atomic E-state index is 0.442. The van der Waals surface area contributed by atoms with Crippen LogP contribution in [0.2, 0.25) is 10.0 Å². The zero-order valence-electron chi connectivity index (χ0n) is 13.1. The number of nitrogens with zero attached hydrogens (tertiary/aromatic N) is 1. The van der Waals surface area contributed by atoms with Crippen LogP contribution in [0.25, 0.3) is 22.0 Å². The maximum Gasteiger partial charge on any atom is 0.155 e. The largest absolute Gasteiger partial charge is 0.365 e. The molecule has 0 amide bonds. The molecule has 0 saturated carbocycles. The van der Waals surface area contributed by atoms with Crippen molar-refractivity contribution in [1.29, 1.82) is 0 Å². The van der Waals surface area contributed by atoms with Gasteiger partial charge in [-0.3, -0.25) is 5.10 Å². The SMILES string of the molecule is Clc1ccccc1-c1cc2c(NC3CCNCC3)n[nH]c2cc1Cl. The number of anilines is 1. The smallest absolute Gasteiger partial charge is 0.155 e. The highest BCUT2D eigenvalue weighted by Crippen LogP contribution is 2.37. The first-order valence-electron chi connectivity index (χ1n) is 8.12. The molecule has 1 aliphatic rings. The van der Waals surface area contributed by atoms with Gasteiger partial charge in [0.1, 0.15) is 0 Å². The minimum atomic E-state index is 0.442. The van der Waals surface area contributed by atoms with Gasteiger partial charge in [0, 0.05) is 27.6 Å². The topological polar surface area (TPSA) is 52.7 Å². The van der Waals surface area contributed by atoms with Crippen molar-refractivity contribution in [3.05, 3.63) is 46.4 Å². The summed E-state index contributed by atoms with van der Waals surface area (Å²) in [6.45, 7) is 2.08. The summed E-state index contributed by atoms with van der Waals surface area (Å²) < 4.78 is 0. The lowest BCUT2D eigenvalue weighted by Gasteiger charge is -2.23. The third kappa shape index (κ3) is 2.97. The van der Waals surface area contributed by atoms with E-state index in [2.05, 4.69) is 26.9 Å². The Kier molecular flexibility index (Phi) is 4.35. The quantitative estimate of drug-likeness (QED) is 0.634. The van der Waals surface area contributed by atoms with Gasteiger partial charge in [-0.1, -0.05) is 41.4 Å². The van der Waals surface area contributed by atoms with Crippen molar-refractivity contribution in [2.75, 3.05) is 18.4 Å². The Bertz CT molecular complexity index is 869. The molecule has 4 nitrogen and oxygen atoms in total. The molecule has 4 rings (SSSR count). The molecule has 124 valence electrons. The molecule has 0 aliphatic carbocycles. The number of halogens is 2. The van der Waals surface area contributed by atoms with E-state index in [1.54, 1.807) is 0 Å². The van der Waals surface area contributed by atoms with Crippen molar-refractivity contribution >= 4 is 39.9 Å². The predicted molar refractivity (Wildman–Crippen MR) is 101 cm³/mol. The van der Waals surface area contributed by atoms with E-state index in [0.29, 0.717) is 16.1 Å². The number of hydrogen-bond donors (Lipinski definition) is 3. The van der Waals surface area contributed by atoms with E-state index in [0.717, 1.165) is 53.8 Å². The molecule has 3 aromatic rings. The van der Waals surface area contributed by atoms with Crippen LogP contribution in [0.3, 0.4) is 0 Å². The molecule has 24 heavy (non-hydrogen) atoms. The van der Waals surface area contributed by atoms with Gasteiger partial charge in [-0.2, -0.15) is 5.10 Å². The number of benzene rings is 2. The summed E-state index contributed by atoms with van der Waals surface area (Å²) in [4.78, 5) is 0. The van der Waals surface area contributed by atoms with Gasteiger partial charge < -0.3 is 10.6 Å². The van der Waals surface area contributed by atoms with Gasteiger partial charge in [0.05, 0.1) is 10.5 Å². The van der Waals surface area contributed by atoms with Crippen LogP contribution < -0.4 is 10.6 Å². The summed E-state index contributed by atoms with van der Waals surface area (Å²) in [5.74, 6) is 0.877. The molecule has 0 unspecified atom stereocenters. The number of rotatable bonds is 3. The lowest BCUT2D eigenvalue weighted by Crippen LogP contribution is -2.35. The van der Waals surface area contributed by atoms with Crippen molar-refractivity contribution in [3.8, 4) is 11.1 Å². The molecule has 1 aliphatic heterocycles. The summed E-state index contributed by atoms with van der Waals surface area (Å²) in [6.07, 6.45) is 2.19. The number of hydrogen-bond acceptors (Lipinski definition) is 3. The molecular weight excluding hydrogens is 343 g/mol. The molecule has 1 saturated heterocycles. The molecule has 2 aromatic carbocycles. The van der Waals surface area contributed by atoms with Crippen LogP contribution in [0.5, 0.6) is 0 Å². The fourth-order valence-corrected chi connectivity index (χ4v) is 3.70. The normalized spacial score (nSPS) is 15.8. The Morgan fingerprint density at radius 2 is 1.79 bits per heavy atom. The summed E-state index contributed by atoms with van der Waals surface area (Å²) >= 11 is 12.8. The lowest BCUT2D eigenvalue weighted by atomic mass is 10.0. The number of nitrogens with one attached hydrogen (secondary N) is 3. The van der Waals surface area contributed by atoms with Gasteiger partial charge >= 0.3 is 0 Å². The number of aromatic amines is 1. The van der Waals surface area contributed by atoms with E-state index in [4.69, 9.17) is 23.2 Å². The molecule has 2 heterocycles. The molecule has 0 spiro atoms. The zero-order valence-corrected chi connectivity index (χ0v) is 14.6. The Morgan fingerprint density at radius 1 is 1.00 bits per heavy atom. The van der Waals surface area contributed by atoms with Crippen LogP contribution >= 0.6 is 23.2 Å². The summed E-state index contributed by atoms with van der Waals surface area (Å²) in [6, 6.07) is 12.2. The highest BCUT2D eigenvalue weighted by Gasteiger charge is 2.17. The monoisotopic (exact) mass is 360 g/mol. The van der Waals surface area contributed by atoms with Crippen LogP contribution in [0.4, 0.5) is 5.82 Å². The van der Waals surface area contributed by atoms with Crippen molar-refractivity contribution in [2.45, 2.75) is 18.9 Å². The van der Waals surface area contributed by atoms with Gasteiger partial charge in [0.25, 0.3) is 0 Å². The molecule has 3 N–H and O–H groups in total. The van der Waals surface area contributed by atoms with E-state index in [9.17, 15) is 0 Å². The van der Waals surface area contributed by atoms with Gasteiger partial charge in [-0.05, 0) is 44.1 Å². The van der Waals surface area contributed by atoms with Crippen LogP contribution in [-0.4, -0.2) is 29.3 Å².